The summed E-state index contributed by atoms with van der Waals surface area (Å²) in [6.45, 7) is 1.77. The van der Waals surface area contributed by atoms with Gasteiger partial charge in [0.2, 0.25) is 0 Å². The quantitative estimate of drug-likeness (QED) is 0.803. The van der Waals surface area contributed by atoms with Crippen LogP contribution in [0.1, 0.15) is 18.9 Å². The minimum absolute atomic E-state index is 0.0802. The number of rotatable bonds is 4. The van der Waals surface area contributed by atoms with Gasteiger partial charge in [-0.15, -0.1) is 0 Å². The lowest BCUT2D eigenvalue weighted by atomic mass is 10.2. The van der Waals surface area contributed by atoms with Crippen LogP contribution in [0.5, 0.6) is 0 Å². The average Bonchev–Trinajstić information content (AvgIpc) is 2.09. The zero-order chi connectivity index (χ0) is 11.5. The van der Waals surface area contributed by atoms with E-state index in [4.69, 9.17) is 5.73 Å². The average molecular weight is 231 g/mol. The normalized spacial score (nSPS) is 11.6. The first kappa shape index (κ1) is 12.0. The predicted octanol–water partition coefficient (Wildman–Crippen LogP) is 1.73. The molecule has 0 aliphatic carbocycles. The summed E-state index contributed by atoms with van der Waals surface area (Å²) in [6, 6.07) is 4.05. The molecule has 2 N–H and O–H groups in total. The summed E-state index contributed by atoms with van der Waals surface area (Å²) in [5, 5.41) is 0. The van der Waals surface area contributed by atoms with E-state index in [1.54, 1.807) is 6.92 Å². The Bertz CT molecular complexity index is 443. The SMILES string of the molecule is CCCS(=O)(=O)Cc1ccc(N)cc1F. The van der Waals surface area contributed by atoms with Gasteiger partial charge in [0.15, 0.2) is 9.84 Å². The lowest BCUT2D eigenvalue weighted by molar-refractivity contribution is 0.586. The molecule has 1 aromatic rings. The number of hydrogen-bond donors (Lipinski definition) is 1. The Morgan fingerprint density at radius 1 is 1.40 bits per heavy atom. The highest BCUT2D eigenvalue weighted by molar-refractivity contribution is 7.90. The van der Waals surface area contributed by atoms with Crippen LogP contribution in [0.25, 0.3) is 0 Å². The summed E-state index contributed by atoms with van der Waals surface area (Å²) >= 11 is 0. The molecule has 0 atom stereocenters. The summed E-state index contributed by atoms with van der Waals surface area (Å²) in [5.41, 5.74) is 5.83. The number of nitrogen functional groups attached to an aromatic ring is 1. The second kappa shape index (κ2) is 4.61. The fraction of sp³-hybridized carbons (Fsp3) is 0.400. The van der Waals surface area contributed by atoms with Gasteiger partial charge in [0, 0.05) is 11.3 Å². The topological polar surface area (TPSA) is 60.2 Å². The van der Waals surface area contributed by atoms with Gasteiger partial charge in [-0.05, 0) is 18.6 Å². The zero-order valence-corrected chi connectivity index (χ0v) is 9.35. The Balaban J connectivity index is 2.90. The first-order valence-corrected chi connectivity index (χ1v) is 6.51. The highest BCUT2D eigenvalue weighted by atomic mass is 32.2. The van der Waals surface area contributed by atoms with Crippen molar-refractivity contribution >= 4 is 15.5 Å². The number of halogens is 1. The highest BCUT2D eigenvalue weighted by Gasteiger charge is 2.13. The summed E-state index contributed by atoms with van der Waals surface area (Å²) in [7, 11) is -3.20. The van der Waals surface area contributed by atoms with Gasteiger partial charge in [0.05, 0.1) is 11.5 Å². The molecule has 0 aromatic heterocycles. The maximum atomic E-state index is 13.3. The lowest BCUT2D eigenvalue weighted by Crippen LogP contribution is -2.09. The first-order chi connectivity index (χ1) is 6.94. The Labute approximate surface area is 89.0 Å². The van der Waals surface area contributed by atoms with E-state index in [1.165, 1.54) is 12.1 Å². The maximum absolute atomic E-state index is 13.3. The highest BCUT2D eigenvalue weighted by Crippen LogP contribution is 2.15. The molecule has 0 fully saturated rings. The van der Waals surface area contributed by atoms with Crippen molar-refractivity contribution in [3.63, 3.8) is 0 Å². The van der Waals surface area contributed by atoms with Gasteiger partial charge in [-0.25, -0.2) is 12.8 Å². The molecular formula is C10H14FNO2S. The molecule has 84 valence electrons. The van der Waals surface area contributed by atoms with Crippen molar-refractivity contribution in [2.24, 2.45) is 0 Å². The fourth-order valence-electron chi connectivity index (χ4n) is 1.30. The van der Waals surface area contributed by atoms with Gasteiger partial charge >= 0.3 is 0 Å². The molecule has 0 amide bonds. The minimum Gasteiger partial charge on any atom is -0.399 e. The van der Waals surface area contributed by atoms with Crippen LogP contribution < -0.4 is 5.73 Å². The summed E-state index contributed by atoms with van der Waals surface area (Å²) < 4.78 is 36.2. The van der Waals surface area contributed by atoms with Crippen molar-refractivity contribution in [2.75, 3.05) is 11.5 Å². The summed E-state index contributed by atoms with van der Waals surface area (Å²) in [5.74, 6) is -0.737. The van der Waals surface area contributed by atoms with Crippen molar-refractivity contribution in [1.29, 1.82) is 0 Å². The van der Waals surface area contributed by atoms with Crippen molar-refractivity contribution in [3.05, 3.63) is 29.6 Å². The molecule has 0 aliphatic heterocycles. The van der Waals surface area contributed by atoms with Crippen LogP contribution in [-0.2, 0) is 15.6 Å². The third-order valence-corrected chi connectivity index (χ3v) is 3.75. The molecule has 1 rings (SSSR count). The van der Waals surface area contributed by atoms with Crippen molar-refractivity contribution in [2.45, 2.75) is 19.1 Å². The van der Waals surface area contributed by atoms with Crippen LogP contribution in [0.4, 0.5) is 10.1 Å². The van der Waals surface area contributed by atoms with E-state index in [1.807, 2.05) is 0 Å². The largest absolute Gasteiger partial charge is 0.399 e. The predicted molar refractivity (Wildman–Crippen MR) is 58.6 cm³/mol. The Kier molecular flexibility index (Phi) is 3.68. The molecule has 0 aliphatic rings. The molecule has 1 aromatic carbocycles. The number of anilines is 1. The standard InChI is InChI=1S/C10H14FNO2S/c1-2-5-15(13,14)7-8-3-4-9(12)6-10(8)11/h3-4,6H,2,5,7,12H2,1H3. The van der Waals surface area contributed by atoms with Gasteiger partial charge in [-0.1, -0.05) is 13.0 Å². The van der Waals surface area contributed by atoms with Crippen molar-refractivity contribution in [1.82, 2.24) is 0 Å². The van der Waals surface area contributed by atoms with E-state index in [9.17, 15) is 12.8 Å². The molecule has 0 bridgehead atoms. The smallest absolute Gasteiger partial charge is 0.154 e. The minimum atomic E-state index is -3.20. The molecular weight excluding hydrogens is 217 g/mol. The first-order valence-electron chi connectivity index (χ1n) is 4.69. The van der Waals surface area contributed by atoms with Crippen LogP contribution in [0.3, 0.4) is 0 Å². The van der Waals surface area contributed by atoms with E-state index in [0.717, 1.165) is 6.07 Å². The van der Waals surface area contributed by atoms with Gasteiger partial charge in [-0.2, -0.15) is 0 Å². The van der Waals surface area contributed by atoms with Crippen molar-refractivity contribution < 1.29 is 12.8 Å². The molecule has 0 heterocycles. The molecule has 3 nitrogen and oxygen atoms in total. The molecule has 0 spiro atoms. The summed E-state index contributed by atoms with van der Waals surface area (Å²) in [4.78, 5) is 0. The van der Waals surface area contributed by atoms with Crippen LogP contribution >= 0.6 is 0 Å². The lowest BCUT2D eigenvalue weighted by Gasteiger charge is -2.04. The monoisotopic (exact) mass is 231 g/mol. The zero-order valence-electron chi connectivity index (χ0n) is 8.53. The van der Waals surface area contributed by atoms with Crippen LogP contribution in [-0.4, -0.2) is 14.2 Å². The van der Waals surface area contributed by atoms with Gasteiger partial charge in [-0.3, -0.25) is 0 Å². The molecule has 0 saturated heterocycles. The van der Waals surface area contributed by atoms with E-state index >= 15 is 0 Å². The third-order valence-electron chi connectivity index (χ3n) is 1.97. The van der Waals surface area contributed by atoms with E-state index < -0.39 is 15.7 Å². The number of nitrogens with two attached hydrogens (primary N) is 1. The van der Waals surface area contributed by atoms with E-state index in [-0.39, 0.29) is 17.1 Å². The molecule has 0 unspecified atom stereocenters. The number of benzene rings is 1. The Hall–Kier alpha value is -1.10. The maximum Gasteiger partial charge on any atom is 0.154 e. The second-order valence-electron chi connectivity index (χ2n) is 3.44. The number of hydrogen-bond acceptors (Lipinski definition) is 3. The third kappa shape index (κ3) is 3.51. The molecule has 0 saturated carbocycles. The van der Waals surface area contributed by atoms with Gasteiger partial charge in [0.25, 0.3) is 0 Å². The van der Waals surface area contributed by atoms with Crippen LogP contribution in [0.15, 0.2) is 18.2 Å². The number of sulfone groups is 1. The molecule has 0 radical (unpaired) electrons. The molecule has 15 heavy (non-hydrogen) atoms. The second-order valence-corrected chi connectivity index (χ2v) is 5.63. The summed E-state index contributed by atoms with van der Waals surface area (Å²) in [6.07, 6.45) is 0.541. The van der Waals surface area contributed by atoms with Crippen LogP contribution in [0, 0.1) is 5.82 Å². The fourth-order valence-corrected chi connectivity index (χ4v) is 2.78. The van der Waals surface area contributed by atoms with Crippen molar-refractivity contribution in [3.8, 4) is 0 Å². The molecule has 5 heteroatoms. The van der Waals surface area contributed by atoms with E-state index in [2.05, 4.69) is 0 Å². The van der Waals surface area contributed by atoms with Gasteiger partial charge < -0.3 is 5.73 Å². The van der Waals surface area contributed by atoms with E-state index in [0.29, 0.717) is 12.1 Å². The van der Waals surface area contributed by atoms with Crippen LogP contribution in [0.2, 0.25) is 0 Å². The Morgan fingerprint density at radius 3 is 2.60 bits per heavy atom. The van der Waals surface area contributed by atoms with Gasteiger partial charge in [0.1, 0.15) is 5.82 Å². The Morgan fingerprint density at radius 2 is 2.07 bits per heavy atom.